The Balaban J connectivity index is 1.78. The van der Waals surface area contributed by atoms with Gasteiger partial charge in [0.25, 0.3) is 0 Å². The second-order valence-corrected chi connectivity index (χ2v) is 9.37. The van der Waals surface area contributed by atoms with Gasteiger partial charge in [-0.2, -0.15) is 5.26 Å². The van der Waals surface area contributed by atoms with Crippen LogP contribution in [0.1, 0.15) is 70.2 Å². The topological polar surface area (TPSA) is 23.8 Å². The Morgan fingerprint density at radius 2 is 1.85 bits per heavy atom. The second kappa shape index (κ2) is 8.66. The molecule has 0 radical (unpaired) electrons. The standard InChI is InChI=1S/C23H25NS2/c1-16(22-12-10-17(2)26-22)9-11-21(23-8-5-13-25-23)18(3)20-7-4-6-19(14-20)15-24/h4-8,10,12-14,16,18,21H,9,11H2,1-3H3. The van der Waals surface area contributed by atoms with E-state index < -0.39 is 0 Å². The molecule has 2 aromatic heterocycles. The van der Waals surface area contributed by atoms with E-state index in [4.69, 9.17) is 0 Å². The van der Waals surface area contributed by atoms with E-state index in [2.05, 4.69) is 68.6 Å². The molecule has 1 nitrogen and oxygen atoms in total. The highest BCUT2D eigenvalue weighted by atomic mass is 32.1. The average molecular weight is 380 g/mol. The molecule has 0 saturated carbocycles. The van der Waals surface area contributed by atoms with Gasteiger partial charge in [0.05, 0.1) is 11.6 Å². The molecule has 0 amide bonds. The fourth-order valence-electron chi connectivity index (χ4n) is 3.55. The lowest BCUT2D eigenvalue weighted by Gasteiger charge is -2.25. The van der Waals surface area contributed by atoms with E-state index in [-0.39, 0.29) is 0 Å². The Morgan fingerprint density at radius 1 is 1.00 bits per heavy atom. The summed E-state index contributed by atoms with van der Waals surface area (Å²) in [6.07, 6.45) is 2.35. The fraction of sp³-hybridized carbons (Fsp3) is 0.348. The molecule has 26 heavy (non-hydrogen) atoms. The van der Waals surface area contributed by atoms with Crippen molar-refractivity contribution in [3.05, 3.63) is 79.7 Å². The average Bonchev–Trinajstić information content (AvgIpc) is 3.33. The van der Waals surface area contributed by atoms with Gasteiger partial charge in [-0.25, -0.2) is 0 Å². The lowest BCUT2D eigenvalue weighted by Crippen LogP contribution is -2.09. The zero-order valence-electron chi connectivity index (χ0n) is 15.6. The molecule has 0 saturated heterocycles. The highest BCUT2D eigenvalue weighted by Gasteiger charge is 2.23. The molecule has 0 spiro atoms. The van der Waals surface area contributed by atoms with Crippen LogP contribution in [0.15, 0.2) is 53.9 Å². The Labute approximate surface area is 165 Å². The molecule has 2 heterocycles. The van der Waals surface area contributed by atoms with E-state index in [0.29, 0.717) is 17.8 Å². The molecule has 1 aromatic carbocycles. The third kappa shape index (κ3) is 4.44. The fourth-order valence-corrected chi connectivity index (χ4v) is 5.49. The third-order valence-electron chi connectivity index (χ3n) is 5.21. The van der Waals surface area contributed by atoms with Crippen LogP contribution in [-0.4, -0.2) is 0 Å². The number of thiophene rings is 2. The summed E-state index contributed by atoms with van der Waals surface area (Å²) >= 11 is 3.77. The van der Waals surface area contributed by atoms with Gasteiger partial charge in [-0.15, -0.1) is 22.7 Å². The molecule has 3 rings (SSSR count). The second-order valence-electron chi connectivity index (χ2n) is 7.07. The molecule has 3 heteroatoms. The van der Waals surface area contributed by atoms with Gasteiger partial charge in [-0.1, -0.05) is 32.0 Å². The molecule has 3 aromatic rings. The summed E-state index contributed by atoms with van der Waals surface area (Å²) in [4.78, 5) is 4.34. The van der Waals surface area contributed by atoms with Crippen molar-refractivity contribution in [3.8, 4) is 6.07 Å². The summed E-state index contributed by atoms with van der Waals surface area (Å²) in [6.45, 7) is 6.83. The highest BCUT2D eigenvalue weighted by Crippen LogP contribution is 2.41. The number of rotatable bonds is 7. The minimum absolute atomic E-state index is 0.402. The predicted octanol–water partition coefficient (Wildman–Crippen LogP) is 7.46. The Hall–Kier alpha value is -1.89. The van der Waals surface area contributed by atoms with Crippen molar-refractivity contribution in [1.29, 1.82) is 5.26 Å². The molecule has 0 aliphatic heterocycles. The summed E-state index contributed by atoms with van der Waals surface area (Å²) in [6, 6.07) is 19.3. The van der Waals surface area contributed by atoms with E-state index in [1.807, 2.05) is 34.8 Å². The van der Waals surface area contributed by atoms with E-state index in [9.17, 15) is 5.26 Å². The van der Waals surface area contributed by atoms with Crippen LogP contribution in [0, 0.1) is 18.3 Å². The number of hydrogen-bond donors (Lipinski definition) is 0. The van der Waals surface area contributed by atoms with E-state index >= 15 is 0 Å². The first-order valence-electron chi connectivity index (χ1n) is 9.18. The predicted molar refractivity (Wildman–Crippen MR) is 113 cm³/mol. The van der Waals surface area contributed by atoms with Crippen molar-refractivity contribution in [1.82, 2.24) is 0 Å². The van der Waals surface area contributed by atoms with Gasteiger partial charge >= 0.3 is 0 Å². The number of aryl methyl sites for hydroxylation is 1. The largest absolute Gasteiger partial charge is 0.192 e. The van der Waals surface area contributed by atoms with E-state index in [1.54, 1.807) is 0 Å². The van der Waals surface area contributed by atoms with Crippen molar-refractivity contribution in [2.45, 2.75) is 51.4 Å². The van der Waals surface area contributed by atoms with Crippen LogP contribution in [0.2, 0.25) is 0 Å². The maximum Gasteiger partial charge on any atom is 0.0991 e. The van der Waals surface area contributed by atoms with Gasteiger partial charge in [-0.05, 0) is 78.8 Å². The van der Waals surface area contributed by atoms with Crippen molar-refractivity contribution < 1.29 is 0 Å². The van der Waals surface area contributed by atoms with Gasteiger partial charge in [0.2, 0.25) is 0 Å². The molecule has 3 atom stereocenters. The summed E-state index contributed by atoms with van der Waals surface area (Å²) in [5.41, 5.74) is 2.02. The van der Waals surface area contributed by atoms with E-state index in [0.717, 1.165) is 12.0 Å². The van der Waals surface area contributed by atoms with Crippen LogP contribution in [0.3, 0.4) is 0 Å². The number of nitrogens with zero attached hydrogens (tertiary/aromatic N) is 1. The smallest absolute Gasteiger partial charge is 0.0991 e. The van der Waals surface area contributed by atoms with Crippen LogP contribution in [0.5, 0.6) is 0 Å². The number of benzene rings is 1. The third-order valence-corrected chi connectivity index (χ3v) is 7.45. The van der Waals surface area contributed by atoms with Gasteiger partial charge in [0.1, 0.15) is 0 Å². The number of nitriles is 1. The highest BCUT2D eigenvalue weighted by molar-refractivity contribution is 7.12. The molecule has 0 aliphatic rings. The van der Waals surface area contributed by atoms with Crippen molar-refractivity contribution in [2.24, 2.45) is 0 Å². The first-order valence-corrected chi connectivity index (χ1v) is 10.9. The normalized spacial score (nSPS) is 14.5. The maximum absolute atomic E-state index is 9.22. The first-order chi connectivity index (χ1) is 12.6. The minimum Gasteiger partial charge on any atom is -0.192 e. The monoisotopic (exact) mass is 379 g/mol. The molecule has 0 fully saturated rings. The van der Waals surface area contributed by atoms with Crippen LogP contribution < -0.4 is 0 Å². The van der Waals surface area contributed by atoms with Crippen LogP contribution in [-0.2, 0) is 0 Å². The SMILES string of the molecule is Cc1ccc(C(C)CCC(c2cccs2)C(C)c2cccc(C#N)c2)s1. The molecule has 134 valence electrons. The molecule has 3 unspecified atom stereocenters. The molecular weight excluding hydrogens is 354 g/mol. The van der Waals surface area contributed by atoms with Crippen molar-refractivity contribution in [2.75, 3.05) is 0 Å². The molecular formula is C23H25NS2. The van der Waals surface area contributed by atoms with Gasteiger partial charge in [-0.3, -0.25) is 0 Å². The molecule has 0 aliphatic carbocycles. The van der Waals surface area contributed by atoms with E-state index in [1.165, 1.54) is 26.6 Å². The molecule has 0 bridgehead atoms. The Kier molecular flexibility index (Phi) is 6.29. The first kappa shape index (κ1) is 18.9. The summed E-state index contributed by atoms with van der Waals surface area (Å²) in [5.74, 6) is 1.49. The summed E-state index contributed by atoms with van der Waals surface area (Å²) in [5, 5.41) is 11.4. The van der Waals surface area contributed by atoms with Crippen molar-refractivity contribution >= 4 is 22.7 Å². The summed E-state index contributed by atoms with van der Waals surface area (Å²) < 4.78 is 0. The quantitative estimate of drug-likeness (QED) is 0.418. The van der Waals surface area contributed by atoms with Crippen molar-refractivity contribution in [3.63, 3.8) is 0 Å². The zero-order valence-corrected chi connectivity index (χ0v) is 17.2. The maximum atomic E-state index is 9.22. The van der Waals surface area contributed by atoms with Crippen LogP contribution in [0.4, 0.5) is 0 Å². The number of hydrogen-bond acceptors (Lipinski definition) is 3. The van der Waals surface area contributed by atoms with Gasteiger partial charge in [0.15, 0.2) is 0 Å². The zero-order chi connectivity index (χ0) is 18.5. The Bertz CT molecular complexity index is 870. The lowest BCUT2D eigenvalue weighted by molar-refractivity contribution is 0.498. The lowest BCUT2D eigenvalue weighted by atomic mass is 9.81. The Morgan fingerprint density at radius 3 is 2.50 bits per heavy atom. The molecule has 0 N–H and O–H groups in total. The minimum atomic E-state index is 0.402. The van der Waals surface area contributed by atoms with Crippen LogP contribution in [0.25, 0.3) is 0 Å². The van der Waals surface area contributed by atoms with Gasteiger partial charge < -0.3 is 0 Å². The van der Waals surface area contributed by atoms with Crippen LogP contribution >= 0.6 is 22.7 Å². The summed E-state index contributed by atoms with van der Waals surface area (Å²) in [7, 11) is 0. The van der Waals surface area contributed by atoms with Gasteiger partial charge in [0, 0.05) is 14.6 Å².